The number of carbonyl (C=O) groups excluding carboxylic acids is 2. The van der Waals surface area contributed by atoms with Crippen molar-refractivity contribution in [3.05, 3.63) is 63.7 Å². The Morgan fingerprint density at radius 3 is 2.52 bits per heavy atom. The summed E-state index contributed by atoms with van der Waals surface area (Å²) in [7, 11) is 1.28. The first-order chi connectivity index (χ1) is 11.9. The van der Waals surface area contributed by atoms with Crippen LogP contribution in [0.3, 0.4) is 0 Å². The standard InChI is InChI=1S/C17H17N3O5/c1-11-9-12(20(23)24)7-8-14(11)19-16(21)10-18-15-6-4-3-5-13(15)17(22)25-2/h3-9,18H,10H2,1-2H3,(H,19,21). The molecule has 0 aliphatic carbocycles. The maximum Gasteiger partial charge on any atom is 0.339 e. The van der Waals surface area contributed by atoms with Gasteiger partial charge in [-0.15, -0.1) is 0 Å². The Hall–Kier alpha value is -3.42. The second-order valence-electron chi connectivity index (χ2n) is 5.20. The summed E-state index contributed by atoms with van der Waals surface area (Å²) in [5, 5.41) is 16.3. The fourth-order valence-corrected chi connectivity index (χ4v) is 2.20. The van der Waals surface area contributed by atoms with E-state index in [-0.39, 0.29) is 18.1 Å². The van der Waals surface area contributed by atoms with Crippen LogP contribution in [0.4, 0.5) is 17.1 Å². The molecule has 8 nitrogen and oxygen atoms in total. The van der Waals surface area contributed by atoms with Crippen LogP contribution in [0.25, 0.3) is 0 Å². The molecule has 2 aromatic carbocycles. The Morgan fingerprint density at radius 1 is 1.16 bits per heavy atom. The molecule has 0 unspecified atom stereocenters. The van der Waals surface area contributed by atoms with Crippen LogP contribution in [0.5, 0.6) is 0 Å². The summed E-state index contributed by atoms with van der Waals surface area (Å²) in [6, 6.07) is 10.9. The maximum absolute atomic E-state index is 12.1. The van der Waals surface area contributed by atoms with Gasteiger partial charge in [0.25, 0.3) is 5.69 Å². The Bertz CT molecular complexity index is 820. The number of esters is 1. The van der Waals surface area contributed by atoms with Crippen molar-refractivity contribution in [1.29, 1.82) is 0 Å². The van der Waals surface area contributed by atoms with E-state index in [1.807, 2.05) is 0 Å². The van der Waals surface area contributed by atoms with Gasteiger partial charge >= 0.3 is 5.97 Å². The zero-order valence-corrected chi connectivity index (χ0v) is 13.7. The molecule has 25 heavy (non-hydrogen) atoms. The highest BCUT2D eigenvalue weighted by Gasteiger charge is 2.13. The van der Waals surface area contributed by atoms with E-state index < -0.39 is 10.9 Å². The summed E-state index contributed by atoms with van der Waals surface area (Å²) in [5.41, 5.74) is 1.83. The SMILES string of the molecule is COC(=O)c1ccccc1NCC(=O)Nc1ccc([N+](=O)[O-])cc1C. The zero-order valence-electron chi connectivity index (χ0n) is 13.7. The van der Waals surface area contributed by atoms with Crippen molar-refractivity contribution in [3.8, 4) is 0 Å². The molecule has 0 radical (unpaired) electrons. The van der Waals surface area contributed by atoms with Gasteiger partial charge in [0.2, 0.25) is 5.91 Å². The highest BCUT2D eigenvalue weighted by molar-refractivity contribution is 5.98. The first-order valence-corrected chi connectivity index (χ1v) is 7.38. The molecule has 0 saturated carbocycles. The van der Waals surface area contributed by atoms with Crippen LogP contribution >= 0.6 is 0 Å². The number of anilines is 2. The molecule has 0 aromatic heterocycles. The largest absolute Gasteiger partial charge is 0.465 e. The number of para-hydroxylation sites is 1. The van der Waals surface area contributed by atoms with E-state index in [4.69, 9.17) is 4.74 Å². The van der Waals surface area contributed by atoms with Crippen molar-refractivity contribution in [2.45, 2.75) is 6.92 Å². The number of amides is 1. The molecule has 0 heterocycles. The van der Waals surface area contributed by atoms with E-state index in [0.29, 0.717) is 22.5 Å². The second kappa shape index (κ2) is 7.91. The van der Waals surface area contributed by atoms with Gasteiger partial charge in [-0.05, 0) is 30.7 Å². The maximum atomic E-state index is 12.1. The number of non-ortho nitro benzene ring substituents is 1. The van der Waals surface area contributed by atoms with Crippen LogP contribution in [-0.4, -0.2) is 30.5 Å². The summed E-state index contributed by atoms with van der Waals surface area (Å²) in [4.78, 5) is 34.0. The molecule has 0 atom stereocenters. The Balaban J connectivity index is 2.02. The molecular weight excluding hydrogens is 326 g/mol. The first kappa shape index (κ1) is 17.9. The van der Waals surface area contributed by atoms with Gasteiger partial charge in [-0.3, -0.25) is 14.9 Å². The molecular formula is C17H17N3O5. The third kappa shape index (κ3) is 4.54. The van der Waals surface area contributed by atoms with E-state index in [9.17, 15) is 19.7 Å². The van der Waals surface area contributed by atoms with Crippen molar-refractivity contribution in [1.82, 2.24) is 0 Å². The predicted molar refractivity (Wildman–Crippen MR) is 92.7 cm³/mol. The number of methoxy groups -OCH3 is 1. The average Bonchev–Trinajstić information content (AvgIpc) is 2.61. The topological polar surface area (TPSA) is 111 Å². The van der Waals surface area contributed by atoms with Crippen LogP contribution < -0.4 is 10.6 Å². The van der Waals surface area contributed by atoms with E-state index in [1.54, 1.807) is 31.2 Å². The smallest absolute Gasteiger partial charge is 0.339 e. The average molecular weight is 343 g/mol. The highest BCUT2D eigenvalue weighted by Crippen LogP contribution is 2.21. The normalized spacial score (nSPS) is 10.0. The minimum absolute atomic E-state index is 0.0411. The van der Waals surface area contributed by atoms with Crippen LogP contribution in [0, 0.1) is 17.0 Å². The lowest BCUT2D eigenvalue weighted by atomic mass is 10.1. The lowest BCUT2D eigenvalue weighted by molar-refractivity contribution is -0.384. The quantitative estimate of drug-likeness (QED) is 0.474. The minimum atomic E-state index is -0.505. The van der Waals surface area contributed by atoms with Gasteiger partial charge in [0, 0.05) is 23.5 Å². The summed E-state index contributed by atoms with van der Waals surface area (Å²) < 4.78 is 4.69. The van der Waals surface area contributed by atoms with E-state index in [2.05, 4.69) is 10.6 Å². The number of rotatable bonds is 6. The molecule has 1 amide bonds. The molecule has 0 saturated heterocycles. The third-order valence-electron chi connectivity index (χ3n) is 3.47. The lowest BCUT2D eigenvalue weighted by Crippen LogP contribution is -2.23. The number of ether oxygens (including phenoxy) is 1. The van der Waals surface area contributed by atoms with Crippen molar-refractivity contribution in [2.24, 2.45) is 0 Å². The number of hydrogen-bond donors (Lipinski definition) is 2. The number of benzene rings is 2. The zero-order chi connectivity index (χ0) is 18.4. The molecule has 0 spiro atoms. The number of nitrogens with one attached hydrogen (secondary N) is 2. The van der Waals surface area contributed by atoms with Gasteiger partial charge in [0.05, 0.1) is 24.1 Å². The van der Waals surface area contributed by atoms with Crippen molar-refractivity contribution in [3.63, 3.8) is 0 Å². The van der Waals surface area contributed by atoms with E-state index in [1.165, 1.54) is 25.3 Å². The summed E-state index contributed by atoms with van der Waals surface area (Å²) in [5.74, 6) is -0.855. The van der Waals surface area contributed by atoms with Gasteiger partial charge in [-0.25, -0.2) is 4.79 Å². The number of aryl methyl sites for hydroxylation is 1. The van der Waals surface area contributed by atoms with Crippen LogP contribution in [0.1, 0.15) is 15.9 Å². The van der Waals surface area contributed by atoms with Crippen LogP contribution in [0.15, 0.2) is 42.5 Å². The Kier molecular flexibility index (Phi) is 5.67. The van der Waals surface area contributed by atoms with Crippen molar-refractivity contribution in [2.75, 3.05) is 24.3 Å². The number of carbonyl (C=O) groups is 2. The second-order valence-corrected chi connectivity index (χ2v) is 5.20. The molecule has 2 aromatic rings. The first-order valence-electron chi connectivity index (χ1n) is 7.38. The lowest BCUT2D eigenvalue weighted by Gasteiger charge is -2.12. The monoisotopic (exact) mass is 343 g/mol. The van der Waals surface area contributed by atoms with Gasteiger partial charge in [0.15, 0.2) is 0 Å². The summed E-state index contributed by atoms with van der Waals surface area (Å²) in [6.45, 7) is 1.59. The predicted octanol–water partition coefficient (Wildman–Crippen LogP) is 2.74. The van der Waals surface area contributed by atoms with Crippen molar-refractivity contribution < 1.29 is 19.2 Å². The van der Waals surface area contributed by atoms with Gasteiger partial charge < -0.3 is 15.4 Å². The molecule has 0 bridgehead atoms. The fourth-order valence-electron chi connectivity index (χ4n) is 2.20. The van der Waals surface area contributed by atoms with E-state index in [0.717, 1.165) is 0 Å². The molecule has 130 valence electrons. The third-order valence-corrected chi connectivity index (χ3v) is 3.47. The van der Waals surface area contributed by atoms with Crippen molar-refractivity contribution >= 4 is 28.9 Å². The number of nitrogens with zero attached hydrogens (tertiary/aromatic N) is 1. The number of hydrogen-bond acceptors (Lipinski definition) is 6. The Morgan fingerprint density at radius 2 is 1.88 bits per heavy atom. The van der Waals surface area contributed by atoms with Crippen LogP contribution in [0.2, 0.25) is 0 Å². The number of nitro groups is 1. The molecule has 0 aliphatic heterocycles. The molecule has 2 N–H and O–H groups in total. The molecule has 8 heteroatoms. The van der Waals surface area contributed by atoms with Gasteiger partial charge in [-0.2, -0.15) is 0 Å². The summed E-state index contributed by atoms with van der Waals surface area (Å²) >= 11 is 0. The fraction of sp³-hybridized carbons (Fsp3) is 0.176. The summed E-state index contributed by atoms with van der Waals surface area (Å²) in [6.07, 6.45) is 0. The van der Waals surface area contributed by atoms with Crippen LogP contribution in [-0.2, 0) is 9.53 Å². The Labute approximate surface area is 144 Å². The molecule has 0 fully saturated rings. The number of nitro benzene ring substituents is 1. The van der Waals surface area contributed by atoms with Gasteiger partial charge in [0.1, 0.15) is 0 Å². The van der Waals surface area contributed by atoms with E-state index >= 15 is 0 Å². The van der Waals surface area contributed by atoms with Gasteiger partial charge in [-0.1, -0.05) is 12.1 Å². The molecule has 0 aliphatic rings. The minimum Gasteiger partial charge on any atom is -0.465 e. The molecule has 2 rings (SSSR count). The highest BCUT2D eigenvalue weighted by atomic mass is 16.6.